The first-order chi connectivity index (χ1) is 0. The van der Waals surface area contributed by atoms with Crippen LogP contribution in [0, 0.1) is 0 Å². The number of halogens is 2. The summed E-state index contributed by atoms with van der Waals surface area (Å²) >= 11 is 0. The minimum atomic E-state index is 0. The molecule has 0 bridgehead atoms. The van der Waals surface area contributed by atoms with Gasteiger partial charge in [-0.2, -0.15) is 9.90 Å². The number of hydrogen-bond donors (Lipinski definition) is 1. The van der Waals surface area contributed by atoms with Crippen LogP contribution in [-0.2, 0) is 0 Å². The summed E-state index contributed by atoms with van der Waals surface area (Å²) < 4.78 is 0. The first-order valence-electron chi connectivity index (χ1n) is 0. The second-order valence-corrected chi connectivity index (χ2v) is 0. The summed E-state index contributed by atoms with van der Waals surface area (Å²) in [6, 6.07) is 0. The van der Waals surface area contributed by atoms with Crippen LogP contribution in [0.2, 0.25) is 0 Å². The van der Waals surface area contributed by atoms with Crippen molar-refractivity contribution in [2.24, 2.45) is 0 Å². The van der Waals surface area contributed by atoms with Gasteiger partial charge in [0.1, 0.15) is 0 Å². The van der Waals surface area contributed by atoms with Gasteiger partial charge in [0.15, 0.2) is 0 Å². The van der Waals surface area contributed by atoms with E-state index in [1.54, 1.807) is 0 Å². The van der Waals surface area contributed by atoms with Gasteiger partial charge >= 0.3 is 0 Å². The molecule has 0 spiro atoms. The van der Waals surface area contributed by atoms with E-state index in [2.05, 4.69) is 0 Å². The number of rotatable bonds is 0. The van der Waals surface area contributed by atoms with Crippen LogP contribution in [0.4, 0.5) is 0 Å². The molecule has 0 aromatic carbocycles. The highest BCUT2D eigenvalue weighted by molar-refractivity contribution is 8.93. The second-order valence-electron chi connectivity index (χ2n) is 0. The molecule has 0 amide bonds. The van der Waals surface area contributed by atoms with Crippen molar-refractivity contribution in [3.05, 3.63) is 0 Å². The van der Waals surface area contributed by atoms with E-state index in [-0.39, 0.29) is 50.0 Å². The fourth-order valence-electron chi connectivity index (χ4n) is 0. The predicted octanol–water partition coefficient (Wildman–Crippen LogP) is 1.38. The molecule has 32 valence electrons. The van der Waals surface area contributed by atoms with Crippen LogP contribution >= 0.6 is 43.9 Å². The summed E-state index contributed by atoms with van der Waals surface area (Å²) in [6.07, 6.45) is 0. The van der Waals surface area contributed by atoms with E-state index in [9.17, 15) is 0 Å². The molecule has 0 rings (SSSR count). The minimum Gasteiger partial charge on any atom is -0.344 e. The molecular formula is H8Br2NP. The van der Waals surface area contributed by atoms with Crippen molar-refractivity contribution in [2.75, 3.05) is 0 Å². The van der Waals surface area contributed by atoms with Gasteiger partial charge in [0.2, 0.25) is 0 Å². The average molecular weight is 213 g/mol. The maximum Gasteiger partial charge on any atom is -0.114 e. The Morgan fingerprint density at radius 1 is 0.750 bits per heavy atom. The van der Waals surface area contributed by atoms with Crippen molar-refractivity contribution < 1.29 is 0 Å². The molecule has 0 radical (unpaired) electrons. The van der Waals surface area contributed by atoms with Crippen LogP contribution in [0.1, 0.15) is 0 Å². The van der Waals surface area contributed by atoms with Crippen molar-refractivity contribution in [3.63, 3.8) is 0 Å². The molecule has 3 N–H and O–H groups in total. The Bertz CT molecular complexity index is 6.00. The molecule has 0 heterocycles. The normalized spacial score (nSPS) is 0. The molecule has 0 aliphatic carbocycles. The minimum absolute atomic E-state index is 0. The Hall–Kier alpha value is 1.35. The molecule has 0 aromatic heterocycles. The van der Waals surface area contributed by atoms with E-state index >= 15 is 0 Å². The topological polar surface area (TPSA) is 35.0 Å². The molecule has 0 aliphatic rings. The summed E-state index contributed by atoms with van der Waals surface area (Å²) in [4.78, 5) is 0. The van der Waals surface area contributed by atoms with Gasteiger partial charge in [0.05, 0.1) is 0 Å². The first kappa shape index (κ1) is 55.5. The molecule has 0 aliphatic heterocycles. The quantitative estimate of drug-likeness (QED) is 0.606. The molecule has 1 unspecified atom stereocenters. The number of hydrogen-bond acceptors (Lipinski definition) is 1. The van der Waals surface area contributed by atoms with Gasteiger partial charge in [-0.15, -0.1) is 34.0 Å². The lowest BCUT2D eigenvalue weighted by molar-refractivity contribution is 2.13. The SMILES string of the molecule is Br.Br.N.P. The Labute approximate surface area is 50.3 Å². The molecule has 1 atom stereocenters. The maximum absolute atomic E-state index is 0. The Kier molecular flexibility index (Phi) is 372. The van der Waals surface area contributed by atoms with Gasteiger partial charge in [-0.05, 0) is 0 Å². The average Bonchev–Trinajstić information content (AvgIpc) is 0. The summed E-state index contributed by atoms with van der Waals surface area (Å²) in [5, 5.41) is 0. The predicted molar refractivity (Wildman–Crippen MR) is 36.8 cm³/mol. The Morgan fingerprint density at radius 3 is 0.750 bits per heavy atom. The van der Waals surface area contributed by atoms with E-state index in [0.29, 0.717) is 0 Å². The maximum atomic E-state index is 0. The Morgan fingerprint density at radius 2 is 0.750 bits per heavy atom. The van der Waals surface area contributed by atoms with Crippen molar-refractivity contribution in [3.8, 4) is 0 Å². The van der Waals surface area contributed by atoms with Crippen LogP contribution in [0.25, 0.3) is 0 Å². The van der Waals surface area contributed by atoms with Gasteiger partial charge in [-0.3, -0.25) is 0 Å². The highest BCUT2D eigenvalue weighted by Crippen LogP contribution is 0.861. The van der Waals surface area contributed by atoms with Crippen LogP contribution < -0.4 is 6.15 Å². The smallest absolute Gasteiger partial charge is 0.114 e. The molecular weight excluding hydrogens is 205 g/mol. The third-order valence-corrected chi connectivity index (χ3v) is 0. The molecule has 1 nitrogen and oxygen atoms in total. The third kappa shape index (κ3) is 10.2. The van der Waals surface area contributed by atoms with Gasteiger partial charge in [0.25, 0.3) is 0 Å². The monoisotopic (exact) mass is 211 g/mol. The highest BCUT2D eigenvalue weighted by Gasteiger charge is -0.113. The zero-order valence-electron chi connectivity index (χ0n) is 2.23. The van der Waals surface area contributed by atoms with Crippen molar-refractivity contribution in [1.82, 2.24) is 6.15 Å². The summed E-state index contributed by atoms with van der Waals surface area (Å²) in [7, 11) is 0. The van der Waals surface area contributed by atoms with Gasteiger partial charge < -0.3 is 6.15 Å². The molecule has 0 fully saturated rings. The van der Waals surface area contributed by atoms with E-state index in [0.717, 1.165) is 0 Å². The zero-order chi connectivity index (χ0) is 0. The van der Waals surface area contributed by atoms with E-state index in [4.69, 9.17) is 0 Å². The van der Waals surface area contributed by atoms with Crippen LogP contribution in [0.3, 0.4) is 0 Å². The molecule has 4 heavy (non-hydrogen) atoms. The van der Waals surface area contributed by atoms with E-state index in [1.807, 2.05) is 0 Å². The molecule has 0 saturated carbocycles. The van der Waals surface area contributed by atoms with Crippen LogP contribution in [-0.4, -0.2) is 0 Å². The molecule has 0 aromatic rings. The summed E-state index contributed by atoms with van der Waals surface area (Å²) in [5.41, 5.74) is 0. The van der Waals surface area contributed by atoms with Crippen LogP contribution in [0.15, 0.2) is 0 Å². The van der Waals surface area contributed by atoms with Gasteiger partial charge in [-0.25, -0.2) is 0 Å². The lowest BCUT2D eigenvalue weighted by Gasteiger charge is -0.344. The van der Waals surface area contributed by atoms with Crippen LogP contribution in [0.5, 0.6) is 0 Å². The van der Waals surface area contributed by atoms with E-state index < -0.39 is 0 Å². The van der Waals surface area contributed by atoms with Gasteiger partial charge in [0, 0.05) is 0 Å². The summed E-state index contributed by atoms with van der Waals surface area (Å²) in [5.74, 6) is 0. The van der Waals surface area contributed by atoms with Crippen molar-refractivity contribution >= 4 is 43.9 Å². The van der Waals surface area contributed by atoms with E-state index in [1.165, 1.54) is 0 Å². The van der Waals surface area contributed by atoms with Crippen molar-refractivity contribution in [2.45, 2.75) is 0 Å². The summed E-state index contributed by atoms with van der Waals surface area (Å²) in [6.45, 7) is 0. The molecule has 4 heteroatoms. The fraction of sp³-hybridized carbons (Fsp3) is 0. The Balaban J connectivity index is 0. The second kappa shape index (κ2) is 26.8. The van der Waals surface area contributed by atoms with Crippen molar-refractivity contribution in [1.29, 1.82) is 0 Å². The lowest BCUT2D eigenvalue weighted by Crippen LogP contribution is -0.481. The highest BCUT2D eigenvalue weighted by atomic mass is 79.9. The fourth-order valence-corrected chi connectivity index (χ4v) is 0. The standard InChI is InChI=1S/2BrH.H3N.H3P/h2*1H;2*1H3. The zero-order valence-corrected chi connectivity index (χ0v) is 7.07. The third-order valence-electron chi connectivity index (χ3n) is 0. The largest absolute Gasteiger partial charge is 0.344 e. The first-order valence-corrected chi connectivity index (χ1v) is 0. The van der Waals surface area contributed by atoms with Gasteiger partial charge in [-0.1, -0.05) is 0 Å². The lowest BCUT2D eigenvalue weighted by atomic mass is 14.0. The molecule has 0 saturated heterocycles.